The van der Waals surface area contributed by atoms with Crippen LogP contribution in [-0.2, 0) is 6.42 Å². The zero-order valence-electron chi connectivity index (χ0n) is 12.8. The van der Waals surface area contributed by atoms with Crippen LogP contribution in [0.3, 0.4) is 0 Å². The highest BCUT2D eigenvalue weighted by molar-refractivity contribution is 5.27. The van der Waals surface area contributed by atoms with Gasteiger partial charge in [0.15, 0.2) is 0 Å². The highest BCUT2D eigenvalue weighted by Gasteiger charge is 2.40. The largest absolute Gasteiger partial charge is 0.494 e. The zero-order valence-corrected chi connectivity index (χ0v) is 12.8. The fourth-order valence-electron chi connectivity index (χ4n) is 3.38. The Labute approximate surface area is 127 Å². The second kappa shape index (κ2) is 7.78. The lowest BCUT2D eigenvalue weighted by atomic mass is 9.86. The maximum absolute atomic E-state index is 9.66. The van der Waals surface area contributed by atoms with Gasteiger partial charge in [0.1, 0.15) is 5.75 Å². The number of aliphatic hydroxyl groups is 2. The Morgan fingerprint density at radius 3 is 2.67 bits per heavy atom. The molecule has 21 heavy (non-hydrogen) atoms. The molecule has 1 fully saturated rings. The fourth-order valence-corrected chi connectivity index (χ4v) is 3.38. The topological polar surface area (TPSA) is 61.7 Å². The maximum atomic E-state index is 9.66. The van der Waals surface area contributed by atoms with E-state index in [1.54, 1.807) is 0 Å². The minimum absolute atomic E-state index is 0.117. The molecule has 0 radical (unpaired) electrons. The molecule has 0 amide bonds. The smallest absolute Gasteiger partial charge is 0.119 e. The first-order valence-electron chi connectivity index (χ1n) is 7.86. The summed E-state index contributed by atoms with van der Waals surface area (Å²) >= 11 is 0. The molecule has 1 aromatic carbocycles. The van der Waals surface area contributed by atoms with E-state index < -0.39 is 0 Å². The Morgan fingerprint density at radius 2 is 2.05 bits per heavy atom. The van der Waals surface area contributed by atoms with Gasteiger partial charge >= 0.3 is 0 Å². The van der Waals surface area contributed by atoms with Crippen molar-refractivity contribution >= 4 is 0 Å². The van der Waals surface area contributed by atoms with Crippen LogP contribution < -0.4 is 10.1 Å². The summed E-state index contributed by atoms with van der Waals surface area (Å²) in [5.41, 5.74) is 1.00. The molecular formula is C17H27NO3. The zero-order chi connectivity index (χ0) is 15.1. The highest BCUT2D eigenvalue weighted by Crippen LogP contribution is 2.37. The Kier molecular flexibility index (Phi) is 6.03. The van der Waals surface area contributed by atoms with E-state index in [-0.39, 0.29) is 18.8 Å². The van der Waals surface area contributed by atoms with Crippen LogP contribution in [0.4, 0.5) is 0 Å². The first-order chi connectivity index (χ1) is 10.2. The number of hydrogen-bond donors (Lipinski definition) is 3. The molecule has 0 spiro atoms. The molecule has 1 aliphatic rings. The van der Waals surface area contributed by atoms with Crippen molar-refractivity contribution in [1.29, 1.82) is 0 Å². The molecule has 2 unspecified atom stereocenters. The number of ether oxygens (including phenoxy) is 1. The lowest BCUT2D eigenvalue weighted by molar-refractivity contribution is 0.117. The predicted octanol–water partition coefficient (Wildman–Crippen LogP) is 1.74. The van der Waals surface area contributed by atoms with Crippen LogP contribution in [0.1, 0.15) is 31.2 Å². The van der Waals surface area contributed by atoms with Gasteiger partial charge in [-0.2, -0.15) is 0 Å². The van der Waals surface area contributed by atoms with Gasteiger partial charge in [-0.15, -0.1) is 0 Å². The first-order valence-corrected chi connectivity index (χ1v) is 7.86. The molecule has 0 aliphatic heterocycles. The van der Waals surface area contributed by atoms with E-state index in [1.807, 2.05) is 31.3 Å². The van der Waals surface area contributed by atoms with Gasteiger partial charge < -0.3 is 20.3 Å². The number of likely N-dealkylation sites (N-methyl/N-ethyl adjacent to an activating group) is 1. The third-order valence-electron chi connectivity index (χ3n) is 4.80. The molecule has 4 heteroatoms. The molecule has 4 nitrogen and oxygen atoms in total. The number of aliphatic hydroxyl groups excluding tert-OH is 2. The lowest BCUT2D eigenvalue weighted by Gasteiger charge is -2.33. The molecule has 1 saturated carbocycles. The minimum atomic E-state index is -0.117. The maximum Gasteiger partial charge on any atom is 0.119 e. The van der Waals surface area contributed by atoms with Gasteiger partial charge in [-0.3, -0.25) is 0 Å². The van der Waals surface area contributed by atoms with Gasteiger partial charge in [-0.1, -0.05) is 18.6 Å². The SMILES string of the molecule is CNC1(CO)CCCC1CCOc1ccc(CCO)cc1. The van der Waals surface area contributed by atoms with Crippen molar-refractivity contribution in [3.8, 4) is 5.75 Å². The minimum Gasteiger partial charge on any atom is -0.494 e. The highest BCUT2D eigenvalue weighted by atomic mass is 16.5. The van der Waals surface area contributed by atoms with E-state index in [0.29, 0.717) is 18.9 Å². The summed E-state index contributed by atoms with van der Waals surface area (Å²) in [7, 11) is 1.94. The van der Waals surface area contributed by atoms with Crippen molar-refractivity contribution in [2.45, 2.75) is 37.6 Å². The summed E-state index contributed by atoms with van der Waals surface area (Å²) in [6, 6.07) is 7.90. The Hall–Kier alpha value is -1.10. The molecule has 2 atom stereocenters. The molecular weight excluding hydrogens is 266 g/mol. The summed E-state index contributed by atoms with van der Waals surface area (Å²) < 4.78 is 5.81. The number of nitrogens with one attached hydrogen (secondary N) is 1. The average Bonchev–Trinajstić information content (AvgIpc) is 2.93. The van der Waals surface area contributed by atoms with Crippen LogP contribution >= 0.6 is 0 Å². The van der Waals surface area contributed by atoms with Gasteiger partial charge in [0, 0.05) is 12.1 Å². The van der Waals surface area contributed by atoms with Gasteiger partial charge in [0.2, 0.25) is 0 Å². The normalized spacial score (nSPS) is 25.2. The standard InChI is InChI=1S/C17H27NO3/c1-18-17(13-20)10-2-3-15(17)9-12-21-16-6-4-14(5-7-16)8-11-19/h4-7,15,18-20H,2-3,8-13H2,1H3. The monoisotopic (exact) mass is 293 g/mol. The molecule has 2 rings (SSSR count). The van der Waals surface area contributed by atoms with Crippen LogP contribution in [0, 0.1) is 5.92 Å². The van der Waals surface area contributed by atoms with Crippen LogP contribution in [0.15, 0.2) is 24.3 Å². The Bertz CT molecular complexity index is 415. The third kappa shape index (κ3) is 3.96. The van der Waals surface area contributed by atoms with Crippen molar-refractivity contribution in [1.82, 2.24) is 5.32 Å². The van der Waals surface area contributed by atoms with Gasteiger partial charge in [-0.05, 0) is 56.3 Å². The molecule has 0 heterocycles. The summed E-state index contributed by atoms with van der Waals surface area (Å²) in [6.45, 7) is 1.05. The van der Waals surface area contributed by atoms with E-state index >= 15 is 0 Å². The molecule has 0 aromatic heterocycles. The lowest BCUT2D eigenvalue weighted by Crippen LogP contribution is -2.49. The van der Waals surface area contributed by atoms with Gasteiger partial charge in [0.25, 0.3) is 0 Å². The molecule has 0 saturated heterocycles. The van der Waals surface area contributed by atoms with Crippen molar-refractivity contribution in [3.05, 3.63) is 29.8 Å². The molecule has 1 aliphatic carbocycles. The number of benzene rings is 1. The molecule has 0 bridgehead atoms. The summed E-state index contributed by atoms with van der Waals surface area (Å²) in [6.07, 6.45) is 5.01. The number of rotatable bonds is 8. The summed E-state index contributed by atoms with van der Waals surface area (Å²) in [5, 5.41) is 21.9. The number of hydrogen-bond acceptors (Lipinski definition) is 4. The van der Waals surface area contributed by atoms with Gasteiger partial charge in [0.05, 0.1) is 13.2 Å². The Balaban J connectivity index is 1.81. The first kappa shape index (κ1) is 16.3. The van der Waals surface area contributed by atoms with E-state index in [2.05, 4.69) is 5.32 Å². The Morgan fingerprint density at radius 1 is 1.29 bits per heavy atom. The van der Waals surface area contributed by atoms with E-state index in [4.69, 9.17) is 9.84 Å². The van der Waals surface area contributed by atoms with Crippen LogP contribution in [0.2, 0.25) is 0 Å². The fraction of sp³-hybridized carbons (Fsp3) is 0.647. The summed E-state index contributed by atoms with van der Waals surface area (Å²) in [4.78, 5) is 0. The second-order valence-corrected chi connectivity index (χ2v) is 5.91. The summed E-state index contributed by atoms with van der Waals surface area (Å²) in [5.74, 6) is 1.34. The van der Waals surface area contributed by atoms with Crippen molar-refractivity contribution < 1.29 is 14.9 Å². The van der Waals surface area contributed by atoms with Crippen LogP contribution in [0.5, 0.6) is 5.75 Å². The molecule has 3 N–H and O–H groups in total. The van der Waals surface area contributed by atoms with Crippen molar-refractivity contribution in [2.24, 2.45) is 5.92 Å². The van der Waals surface area contributed by atoms with Crippen molar-refractivity contribution in [3.63, 3.8) is 0 Å². The van der Waals surface area contributed by atoms with Gasteiger partial charge in [-0.25, -0.2) is 0 Å². The second-order valence-electron chi connectivity index (χ2n) is 5.91. The van der Waals surface area contributed by atoms with Crippen LogP contribution in [0.25, 0.3) is 0 Å². The van der Waals surface area contributed by atoms with E-state index in [0.717, 1.165) is 30.6 Å². The predicted molar refractivity (Wildman–Crippen MR) is 83.6 cm³/mol. The van der Waals surface area contributed by atoms with E-state index in [1.165, 1.54) is 6.42 Å². The van der Waals surface area contributed by atoms with Crippen molar-refractivity contribution in [2.75, 3.05) is 26.9 Å². The van der Waals surface area contributed by atoms with Crippen LogP contribution in [-0.4, -0.2) is 42.6 Å². The average molecular weight is 293 g/mol. The van der Waals surface area contributed by atoms with E-state index in [9.17, 15) is 5.11 Å². The quantitative estimate of drug-likeness (QED) is 0.683. The molecule has 1 aromatic rings. The molecule has 118 valence electrons. The third-order valence-corrected chi connectivity index (χ3v) is 4.80.